The van der Waals surface area contributed by atoms with E-state index < -0.39 is 0 Å². The van der Waals surface area contributed by atoms with Gasteiger partial charge in [0.25, 0.3) is 0 Å². The van der Waals surface area contributed by atoms with Crippen molar-refractivity contribution in [3.63, 3.8) is 0 Å². The first-order valence-electron chi connectivity index (χ1n) is 27.3. The van der Waals surface area contributed by atoms with Crippen LogP contribution in [0.3, 0.4) is 0 Å². The van der Waals surface area contributed by atoms with Gasteiger partial charge in [-0.25, -0.2) is 0 Å². The Bertz CT molecular complexity index is 2370. The Morgan fingerprint density at radius 3 is 1.44 bits per heavy atom. The highest BCUT2D eigenvalue weighted by molar-refractivity contribution is 6.30. The van der Waals surface area contributed by atoms with Gasteiger partial charge in [-0.2, -0.15) is 0 Å². The van der Waals surface area contributed by atoms with Crippen molar-refractivity contribution in [3.05, 3.63) is 176 Å². The molecule has 0 bridgehead atoms. The summed E-state index contributed by atoms with van der Waals surface area (Å²) in [5, 5.41) is 0.867. The van der Waals surface area contributed by atoms with Gasteiger partial charge < -0.3 is 0 Å². The maximum atomic E-state index is 6.08. The fourth-order valence-corrected chi connectivity index (χ4v) is 13.9. The van der Waals surface area contributed by atoms with Crippen LogP contribution in [0.2, 0.25) is 5.02 Å². The standard InChI is InChI=1S/C14H19Cl.2C14H20.C13H18.C12H16/c1-9(2)12-8-14(3,4)13-7-10(15)5-6-11(12)13;1-10(2)12-9-14(3,4)13-8-6-5-7-11(12)13;1-4-11-9-12-7-5-6-8-13(12)14(11)10(2)3;1-9(2)13-10(3)8-11-6-4-5-7-12(11)13;1-9(2)11-8-7-10-5-3-4-6-12(10)11/h5-7,9,12H,8H2,1-4H3;5-8,10,12H,9H2,1-4H3;5-8,10-11,14H,4,9H2,1-3H3;4-7,9-10,13H,8H2,1-3H3;3-6,9,11H,7-8H2,1-2H3/t2*12-;11-,14-;10-,13-;11-/m11001/s1. The average molecular weight is 934 g/mol. The average Bonchev–Trinajstić information content (AvgIpc) is 4.10. The molecule has 0 radical (unpaired) electrons. The van der Waals surface area contributed by atoms with E-state index in [-0.39, 0.29) is 5.41 Å². The number of halogens is 1. The first-order chi connectivity index (χ1) is 32.2. The van der Waals surface area contributed by atoms with Crippen LogP contribution in [0.1, 0.15) is 222 Å². The summed E-state index contributed by atoms with van der Waals surface area (Å²) in [5.74, 6) is 9.42. The topological polar surface area (TPSA) is 0 Å². The van der Waals surface area contributed by atoms with E-state index in [4.69, 9.17) is 11.6 Å². The van der Waals surface area contributed by atoms with Crippen molar-refractivity contribution in [1.29, 1.82) is 0 Å². The normalized spacial score (nSPS) is 24.1. The smallest absolute Gasteiger partial charge is 0.0409 e. The second-order valence-electron chi connectivity index (χ2n) is 24.8. The summed E-state index contributed by atoms with van der Waals surface area (Å²) in [6.45, 7) is 37.4. The van der Waals surface area contributed by atoms with Crippen LogP contribution in [-0.2, 0) is 30.1 Å². The molecule has 0 saturated heterocycles. The molecule has 10 rings (SSSR count). The van der Waals surface area contributed by atoms with Gasteiger partial charge in [-0.1, -0.05) is 232 Å². The lowest BCUT2D eigenvalue weighted by atomic mass is 9.82. The maximum absolute atomic E-state index is 6.08. The zero-order chi connectivity index (χ0) is 49.7. The second-order valence-corrected chi connectivity index (χ2v) is 25.2. The first kappa shape index (κ1) is 53.7. The zero-order valence-corrected chi connectivity index (χ0v) is 46.5. The monoisotopic (exact) mass is 933 g/mol. The SMILES string of the molecule is CC(C)[C@@H]1c2ccccc2C[C@@H]1C.CC(C)[C@H]1CC(C)(C)c2cc(Cl)ccc21.CC(C)[C@H]1CC(C)(C)c2ccccc21.CC(C)[C@H]1CCc2ccccc21.CC[C@H]1Cc2ccccc2[C@H]1C(C)C. The van der Waals surface area contributed by atoms with Gasteiger partial charge in [0.2, 0.25) is 0 Å². The largest absolute Gasteiger partial charge is 0.0843 e. The van der Waals surface area contributed by atoms with Gasteiger partial charge in [0.05, 0.1) is 0 Å². The van der Waals surface area contributed by atoms with Crippen LogP contribution >= 0.6 is 11.6 Å². The molecule has 368 valence electrons. The molecule has 0 spiro atoms. The van der Waals surface area contributed by atoms with Gasteiger partial charge in [-0.05, 0) is 188 Å². The van der Waals surface area contributed by atoms with E-state index in [1.807, 2.05) is 6.07 Å². The van der Waals surface area contributed by atoms with Crippen LogP contribution in [0, 0.1) is 41.4 Å². The van der Waals surface area contributed by atoms with Crippen LogP contribution in [-0.4, -0.2) is 0 Å². The number of benzene rings is 5. The van der Waals surface area contributed by atoms with E-state index in [1.165, 1.54) is 56.1 Å². The van der Waals surface area contributed by atoms with E-state index in [9.17, 15) is 0 Å². The summed E-state index contributed by atoms with van der Waals surface area (Å²) >= 11 is 6.08. The van der Waals surface area contributed by atoms with Crippen molar-refractivity contribution in [1.82, 2.24) is 0 Å². The lowest BCUT2D eigenvalue weighted by molar-refractivity contribution is 0.359. The fourth-order valence-electron chi connectivity index (χ4n) is 13.7. The van der Waals surface area contributed by atoms with Gasteiger partial charge in [0.15, 0.2) is 0 Å². The molecule has 5 aliphatic carbocycles. The molecular weight excluding hydrogens is 840 g/mol. The van der Waals surface area contributed by atoms with Gasteiger partial charge in [0.1, 0.15) is 0 Å². The van der Waals surface area contributed by atoms with Gasteiger partial charge in [0, 0.05) is 5.02 Å². The van der Waals surface area contributed by atoms with Crippen LogP contribution in [0.25, 0.3) is 0 Å². The van der Waals surface area contributed by atoms with E-state index >= 15 is 0 Å². The predicted molar refractivity (Wildman–Crippen MR) is 299 cm³/mol. The van der Waals surface area contributed by atoms with E-state index in [0.717, 1.165) is 64.2 Å². The molecule has 68 heavy (non-hydrogen) atoms. The fraction of sp³-hybridized carbons (Fsp3) is 0.552. The molecule has 0 heterocycles. The minimum atomic E-state index is 0.287. The maximum Gasteiger partial charge on any atom is 0.0409 e. The summed E-state index contributed by atoms with van der Waals surface area (Å²) in [7, 11) is 0. The van der Waals surface area contributed by atoms with Crippen molar-refractivity contribution >= 4 is 11.6 Å². The molecule has 0 saturated carbocycles. The van der Waals surface area contributed by atoms with Crippen molar-refractivity contribution in [2.24, 2.45) is 41.4 Å². The summed E-state index contributed by atoms with van der Waals surface area (Å²) < 4.78 is 0. The molecule has 5 aromatic rings. The molecule has 5 aromatic carbocycles. The van der Waals surface area contributed by atoms with Crippen molar-refractivity contribution in [2.75, 3.05) is 0 Å². The minimum absolute atomic E-state index is 0.287. The van der Waals surface area contributed by atoms with Crippen molar-refractivity contribution in [3.8, 4) is 0 Å². The van der Waals surface area contributed by atoms with Crippen molar-refractivity contribution in [2.45, 2.75) is 196 Å². The van der Waals surface area contributed by atoms with Gasteiger partial charge >= 0.3 is 0 Å². The minimum Gasteiger partial charge on any atom is -0.0843 e. The Morgan fingerprint density at radius 1 is 0.471 bits per heavy atom. The number of aryl methyl sites for hydroxylation is 1. The molecule has 0 fully saturated rings. The van der Waals surface area contributed by atoms with Crippen LogP contribution < -0.4 is 0 Å². The molecule has 0 unspecified atom stereocenters. The summed E-state index contributed by atoms with van der Waals surface area (Å²) in [6, 6.07) is 42.2. The zero-order valence-electron chi connectivity index (χ0n) is 45.7. The lowest BCUT2D eigenvalue weighted by Crippen LogP contribution is -2.13. The van der Waals surface area contributed by atoms with E-state index in [1.54, 1.807) is 44.5 Å². The molecule has 5 aliphatic rings. The summed E-state index contributed by atoms with van der Waals surface area (Å²) in [5.41, 5.74) is 16.4. The molecular formula is C67H93Cl. The third-order valence-electron chi connectivity index (χ3n) is 17.2. The molecule has 0 N–H and O–H groups in total. The summed E-state index contributed by atoms with van der Waals surface area (Å²) in [4.78, 5) is 0. The Hall–Kier alpha value is -3.61. The molecule has 0 aromatic heterocycles. The Balaban J connectivity index is 0.000000140. The highest BCUT2D eigenvalue weighted by Crippen LogP contribution is 2.51. The molecule has 1 heteroatoms. The predicted octanol–water partition coefficient (Wildman–Crippen LogP) is 19.9. The third kappa shape index (κ3) is 12.3. The lowest BCUT2D eigenvalue weighted by Gasteiger charge is -2.22. The Kier molecular flexibility index (Phi) is 18.2. The number of fused-ring (bicyclic) bond motifs is 5. The number of rotatable bonds is 6. The molecule has 7 atom stereocenters. The Labute approximate surface area is 422 Å². The van der Waals surface area contributed by atoms with E-state index in [2.05, 4.69) is 220 Å². The molecule has 0 aliphatic heterocycles. The third-order valence-corrected chi connectivity index (χ3v) is 17.5. The number of hydrogen-bond donors (Lipinski definition) is 0. The van der Waals surface area contributed by atoms with E-state index in [0.29, 0.717) is 17.3 Å². The molecule has 0 nitrogen and oxygen atoms in total. The highest BCUT2D eigenvalue weighted by Gasteiger charge is 2.39. The van der Waals surface area contributed by atoms with Crippen molar-refractivity contribution < 1.29 is 0 Å². The summed E-state index contributed by atoms with van der Waals surface area (Å²) in [6.07, 6.45) is 9.10. The van der Waals surface area contributed by atoms with Gasteiger partial charge in [-0.15, -0.1) is 0 Å². The second kappa shape index (κ2) is 23.1. The van der Waals surface area contributed by atoms with Gasteiger partial charge in [-0.3, -0.25) is 0 Å². The highest BCUT2D eigenvalue weighted by atomic mass is 35.5. The number of hydrogen-bond acceptors (Lipinski definition) is 0. The first-order valence-corrected chi connectivity index (χ1v) is 27.7. The quantitative estimate of drug-likeness (QED) is 0.159. The Morgan fingerprint density at radius 2 is 0.912 bits per heavy atom. The van der Waals surface area contributed by atoms with Crippen LogP contribution in [0.5, 0.6) is 0 Å². The molecule has 0 amide bonds. The van der Waals surface area contributed by atoms with Crippen LogP contribution in [0.15, 0.2) is 115 Å². The van der Waals surface area contributed by atoms with Crippen LogP contribution in [0.4, 0.5) is 0 Å².